The molecule has 28 heavy (non-hydrogen) atoms. The summed E-state index contributed by atoms with van der Waals surface area (Å²) in [7, 11) is 0. The number of amides is 3. The van der Waals surface area contributed by atoms with Crippen molar-refractivity contribution in [2.75, 3.05) is 4.90 Å². The summed E-state index contributed by atoms with van der Waals surface area (Å²) in [4.78, 5) is 37.4. The summed E-state index contributed by atoms with van der Waals surface area (Å²) < 4.78 is 38.6. The second kappa shape index (κ2) is 7.61. The van der Waals surface area contributed by atoms with E-state index in [2.05, 4.69) is 10.9 Å². The molecule has 0 spiro atoms. The molecule has 1 aliphatic heterocycles. The smallest absolute Gasteiger partial charge is 0.287 e. The van der Waals surface area contributed by atoms with Crippen LogP contribution in [0.25, 0.3) is 0 Å². The number of halogens is 4. The third-order valence-electron chi connectivity index (χ3n) is 4.03. The normalized spacial score (nSPS) is 17.1. The molecule has 0 aliphatic carbocycles. The summed E-state index contributed by atoms with van der Waals surface area (Å²) in [6, 6.07) is 8.87. The van der Waals surface area contributed by atoms with E-state index in [0.29, 0.717) is 9.92 Å². The fourth-order valence-corrected chi connectivity index (χ4v) is 2.88. The summed E-state index contributed by atoms with van der Waals surface area (Å²) in [6.07, 6.45) is -4.92. The number of nitrogens with one attached hydrogen (secondary N) is 2. The Balaban J connectivity index is 1.71. The largest absolute Gasteiger partial charge is 0.416 e. The molecule has 1 saturated heterocycles. The van der Waals surface area contributed by atoms with Crippen molar-refractivity contribution in [2.45, 2.75) is 18.6 Å². The van der Waals surface area contributed by atoms with Crippen LogP contribution in [0.1, 0.15) is 22.3 Å². The van der Waals surface area contributed by atoms with Crippen LogP contribution in [0, 0.1) is 0 Å². The molecule has 0 radical (unpaired) electrons. The Hall–Kier alpha value is -2.91. The Morgan fingerprint density at radius 1 is 1.11 bits per heavy atom. The third kappa shape index (κ3) is 4.15. The molecule has 2 aromatic rings. The van der Waals surface area contributed by atoms with Crippen molar-refractivity contribution in [2.24, 2.45) is 0 Å². The number of hydrogen-bond donors (Lipinski definition) is 2. The molecule has 1 atom stereocenters. The molecule has 3 amide bonds. The number of hydrogen-bond acceptors (Lipinski definition) is 4. The minimum absolute atomic E-state index is 0.185. The van der Waals surface area contributed by atoms with Gasteiger partial charge in [0.2, 0.25) is 5.91 Å². The molecule has 6 nitrogen and oxygen atoms in total. The molecule has 1 heterocycles. The van der Waals surface area contributed by atoms with Crippen molar-refractivity contribution >= 4 is 35.0 Å². The lowest BCUT2D eigenvalue weighted by atomic mass is 10.2. The maximum atomic E-state index is 12.9. The predicted molar refractivity (Wildman–Crippen MR) is 94.4 cm³/mol. The quantitative estimate of drug-likeness (QED) is 0.599. The average molecular weight is 412 g/mol. The molecule has 0 bridgehead atoms. The van der Waals surface area contributed by atoms with Crippen molar-refractivity contribution in [3.05, 3.63) is 64.7 Å². The molecule has 1 fully saturated rings. The van der Waals surface area contributed by atoms with Crippen molar-refractivity contribution in [3.8, 4) is 0 Å². The highest BCUT2D eigenvalue weighted by molar-refractivity contribution is 6.31. The topological polar surface area (TPSA) is 78.5 Å². The van der Waals surface area contributed by atoms with Gasteiger partial charge >= 0.3 is 6.18 Å². The van der Waals surface area contributed by atoms with Gasteiger partial charge in [-0.25, -0.2) is 10.3 Å². The Labute approximate surface area is 162 Å². The van der Waals surface area contributed by atoms with Gasteiger partial charge in [-0.15, -0.1) is 0 Å². The van der Waals surface area contributed by atoms with E-state index in [1.54, 1.807) is 12.1 Å². The number of hydrazine groups is 1. The van der Waals surface area contributed by atoms with E-state index >= 15 is 0 Å². The molecule has 2 aromatic carbocycles. The highest BCUT2D eigenvalue weighted by Gasteiger charge is 2.40. The summed E-state index contributed by atoms with van der Waals surface area (Å²) in [5.74, 6) is -2.03. The summed E-state index contributed by atoms with van der Waals surface area (Å²) in [5, 5.41) is 0.343. The van der Waals surface area contributed by atoms with Crippen molar-refractivity contribution < 1.29 is 27.6 Å². The van der Waals surface area contributed by atoms with Gasteiger partial charge in [0.1, 0.15) is 6.04 Å². The Morgan fingerprint density at radius 3 is 2.50 bits per heavy atom. The zero-order chi connectivity index (χ0) is 20.5. The molecule has 1 aliphatic rings. The van der Waals surface area contributed by atoms with Crippen molar-refractivity contribution in [1.82, 2.24) is 10.9 Å². The van der Waals surface area contributed by atoms with Crippen LogP contribution in [0.2, 0.25) is 5.02 Å². The molecule has 3 rings (SSSR count). The predicted octanol–water partition coefficient (Wildman–Crippen LogP) is 2.93. The zero-order valence-corrected chi connectivity index (χ0v) is 14.8. The van der Waals surface area contributed by atoms with E-state index in [-0.39, 0.29) is 17.7 Å². The van der Waals surface area contributed by atoms with Gasteiger partial charge in [-0.2, -0.15) is 13.2 Å². The number of anilines is 1. The number of rotatable bonds is 4. The summed E-state index contributed by atoms with van der Waals surface area (Å²) >= 11 is 5.80. The maximum absolute atomic E-state index is 12.9. The van der Waals surface area contributed by atoms with E-state index in [4.69, 9.17) is 11.6 Å². The van der Waals surface area contributed by atoms with Crippen molar-refractivity contribution in [3.63, 3.8) is 0 Å². The van der Waals surface area contributed by atoms with Crippen molar-refractivity contribution in [1.29, 1.82) is 0 Å². The number of carbonyl (C=O) groups is 3. The SMILES string of the molecule is O=C(NN[C@@H]1CC(=O)N(c2cccc(C(F)(F)F)c2)C1=O)c1cccc(Cl)c1. The summed E-state index contributed by atoms with van der Waals surface area (Å²) in [5.41, 5.74) is 3.81. The first-order valence-corrected chi connectivity index (χ1v) is 8.40. The van der Waals surface area contributed by atoms with Gasteiger partial charge in [0.25, 0.3) is 11.8 Å². The molecule has 0 saturated carbocycles. The molecule has 2 N–H and O–H groups in total. The van der Waals surface area contributed by atoms with E-state index < -0.39 is 35.5 Å². The number of nitrogens with zero attached hydrogens (tertiary/aromatic N) is 1. The number of benzene rings is 2. The highest BCUT2D eigenvalue weighted by Crippen LogP contribution is 2.33. The molecular weight excluding hydrogens is 399 g/mol. The molecule has 146 valence electrons. The fraction of sp³-hybridized carbons (Fsp3) is 0.167. The lowest BCUT2D eigenvalue weighted by Crippen LogP contribution is -2.48. The number of carbonyl (C=O) groups excluding carboxylic acids is 3. The van der Waals surface area contributed by atoms with Gasteiger partial charge in [-0.1, -0.05) is 23.7 Å². The van der Waals surface area contributed by atoms with Gasteiger partial charge in [0, 0.05) is 10.6 Å². The Morgan fingerprint density at radius 2 is 1.82 bits per heavy atom. The van der Waals surface area contributed by atoms with Crippen LogP contribution < -0.4 is 15.8 Å². The van der Waals surface area contributed by atoms with Crippen LogP contribution in [0.15, 0.2) is 48.5 Å². The van der Waals surface area contributed by atoms with Crippen LogP contribution in [0.3, 0.4) is 0 Å². The van der Waals surface area contributed by atoms with Gasteiger partial charge in [0.15, 0.2) is 0 Å². The van der Waals surface area contributed by atoms with E-state index in [0.717, 1.165) is 18.2 Å². The first-order chi connectivity index (χ1) is 13.2. The zero-order valence-electron chi connectivity index (χ0n) is 14.1. The van der Waals surface area contributed by atoms with Crippen LogP contribution in [-0.2, 0) is 15.8 Å². The Bertz CT molecular complexity index is 949. The highest BCUT2D eigenvalue weighted by atomic mass is 35.5. The molecule has 10 heteroatoms. The van der Waals surface area contributed by atoms with Crippen LogP contribution in [0.5, 0.6) is 0 Å². The fourth-order valence-electron chi connectivity index (χ4n) is 2.69. The summed E-state index contributed by atoms with van der Waals surface area (Å²) in [6.45, 7) is 0. The number of imide groups is 1. The molecular formula is C18H13ClF3N3O3. The standard InChI is InChI=1S/C18H13ClF3N3O3/c19-12-5-1-3-10(7-12)16(27)24-23-14-9-15(26)25(17(14)28)13-6-2-4-11(8-13)18(20,21)22/h1-8,14,23H,9H2,(H,24,27)/t14-/m1/s1. The molecule has 0 aromatic heterocycles. The lowest BCUT2D eigenvalue weighted by molar-refractivity contribution is -0.137. The first kappa shape index (κ1) is 19.8. The molecule has 0 unspecified atom stereocenters. The van der Waals surface area contributed by atoms with Gasteiger partial charge < -0.3 is 0 Å². The minimum atomic E-state index is -4.61. The van der Waals surface area contributed by atoms with Gasteiger partial charge in [-0.05, 0) is 36.4 Å². The van der Waals surface area contributed by atoms with Crippen LogP contribution in [0.4, 0.5) is 18.9 Å². The van der Waals surface area contributed by atoms with Gasteiger partial charge in [0.05, 0.1) is 17.7 Å². The monoisotopic (exact) mass is 411 g/mol. The third-order valence-corrected chi connectivity index (χ3v) is 4.26. The van der Waals surface area contributed by atoms with Crippen LogP contribution in [-0.4, -0.2) is 23.8 Å². The second-order valence-corrected chi connectivity index (χ2v) is 6.42. The van der Waals surface area contributed by atoms with E-state index in [1.165, 1.54) is 18.2 Å². The van der Waals surface area contributed by atoms with Crippen LogP contribution >= 0.6 is 11.6 Å². The number of alkyl halides is 3. The lowest BCUT2D eigenvalue weighted by Gasteiger charge is -2.17. The van der Waals surface area contributed by atoms with E-state index in [1.807, 2.05) is 0 Å². The average Bonchev–Trinajstić information content (AvgIpc) is 2.92. The Kier molecular flexibility index (Phi) is 5.39. The van der Waals surface area contributed by atoms with E-state index in [9.17, 15) is 27.6 Å². The van der Waals surface area contributed by atoms with Gasteiger partial charge in [-0.3, -0.25) is 19.8 Å². The minimum Gasteiger partial charge on any atom is -0.287 e. The maximum Gasteiger partial charge on any atom is 0.416 e. The first-order valence-electron chi connectivity index (χ1n) is 8.02. The second-order valence-electron chi connectivity index (χ2n) is 5.98.